The fourth-order valence-electron chi connectivity index (χ4n) is 3.59. The van der Waals surface area contributed by atoms with Crippen LogP contribution < -0.4 is 0 Å². The van der Waals surface area contributed by atoms with Gasteiger partial charge >= 0.3 is 0 Å². The first-order valence-electron chi connectivity index (χ1n) is 10.5. The number of thiophene rings is 1. The Hall–Kier alpha value is -0.200. The minimum atomic E-state index is 0.506. The zero-order valence-corrected chi connectivity index (χ0v) is 21.5. The average Bonchev–Trinajstić information content (AvgIpc) is 3.38. The summed E-state index contributed by atoms with van der Waals surface area (Å²) in [4.78, 5) is 1.11. The second-order valence-electron chi connectivity index (χ2n) is 7.53. The summed E-state index contributed by atoms with van der Waals surface area (Å²) >= 11 is 19.4. The zero-order chi connectivity index (χ0) is 20.6. The van der Waals surface area contributed by atoms with Crippen molar-refractivity contribution in [1.29, 1.82) is 0 Å². The number of halogens is 3. The summed E-state index contributed by atoms with van der Waals surface area (Å²) in [6, 6.07) is 2.24. The smallest absolute Gasteiger partial charge is 0.121 e. The molecule has 0 aliphatic heterocycles. The van der Waals surface area contributed by atoms with E-state index in [-0.39, 0.29) is 0 Å². The number of hydrogen-bond donors (Lipinski definition) is 0. The predicted molar refractivity (Wildman–Crippen MR) is 134 cm³/mol. The number of nitrogens with zero attached hydrogens (tertiary/aromatic N) is 2. The molecule has 0 amide bonds. The molecule has 3 rings (SSSR count). The van der Waals surface area contributed by atoms with Gasteiger partial charge in [-0.25, -0.2) is 0 Å². The summed E-state index contributed by atoms with van der Waals surface area (Å²) < 4.78 is 9.54. The highest BCUT2D eigenvalue weighted by atomic mass is 79.9. The van der Waals surface area contributed by atoms with Crippen LogP contribution in [0.25, 0.3) is 21.5 Å². The minimum Gasteiger partial charge on any atom is -0.172 e. The Balaban J connectivity index is 1.50. The van der Waals surface area contributed by atoms with Crippen LogP contribution in [-0.2, 0) is 6.42 Å². The van der Waals surface area contributed by atoms with Gasteiger partial charge in [-0.1, -0.05) is 87.9 Å². The molecule has 2 heterocycles. The molecule has 0 saturated carbocycles. The maximum atomic E-state index is 6.57. The van der Waals surface area contributed by atoms with Crippen LogP contribution in [0.5, 0.6) is 0 Å². The van der Waals surface area contributed by atoms with Gasteiger partial charge in [-0.3, -0.25) is 0 Å². The van der Waals surface area contributed by atoms with Gasteiger partial charge in [-0.15, -0.1) is 11.3 Å². The maximum Gasteiger partial charge on any atom is 0.121 e. The van der Waals surface area contributed by atoms with E-state index in [1.807, 2.05) is 0 Å². The van der Waals surface area contributed by atoms with Crippen LogP contribution in [0, 0.1) is 0 Å². The molecule has 0 N–H and O–H groups in total. The van der Waals surface area contributed by atoms with Crippen molar-refractivity contribution in [2.45, 2.75) is 77.6 Å². The molecule has 0 aliphatic rings. The van der Waals surface area contributed by atoms with Crippen LogP contribution in [0.2, 0.25) is 10.0 Å². The molecule has 29 heavy (non-hydrogen) atoms. The van der Waals surface area contributed by atoms with E-state index in [1.54, 1.807) is 11.3 Å². The van der Waals surface area contributed by atoms with Gasteiger partial charge in [0.15, 0.2) is 0 Å². The Bertz CT molecular complexity index is 923. The van der Waals surface area contributed by atoms with Gasteiger partial charge < -0.3 is 0 Å². The van der Waals surface area contributed by atoms with E-state index in [2.05, 4.69) is 43.0 Å². The maximum absolute atomic E-state index is 6.57. The molecule has 7 heteroatoms. The fraction of sp³-hybridized carbons (Fsp3) is 0.545. The second-order valence-corrected chi connectivity index (χ2v) is 10.5. The molecule has 0 radical (unpaired) electrons. The third kappa shape index (κ3) is 6.16. The lowest BCUT2D eigenvalue weighted by Gasteiger charge is -2.07. The lowest BCUT2D eigenvalue weighted by Crippen LogP contribution is -1.86. The molecule has 0 unspecified atom stereocenters. The molecule has 0 spiro atoms. The number of hydrogen-bond acceptors (Lipinski definition) is 4. The molecule has 0 atom stereocenters. The highest BCUT2D eigenvalue weighted by molar-refractivity contribution is 9.10. The second kappa shape index (κ2) is 12.0. The third-order valence-electron chi connectivity index (χ3n) is 5.26. The summed E-state index contributed by atoms with van der Waals surface area (Å²) in [5, 5.41) is 3.29. The first kappa shape index (κ1) is 23.5. The number of unbranched alkanes of at least 4 members (excludes halogenated alkanes) is 9. The minimum absolute atomic E-state index is 0.506. The van der Waals surface area contributed by atoms with Gasteiger partial charge in [-0.2, -0.15) is 8.75 Å². The quantitative estimate of drug-likeness (QED) is 0.171. The van der Waals surface area contributed by atoms with E-state index < -0.39 is 0 Å². The van der Waals surface area contributed by atoms with Crippen molar-refractivity contribution in [3.8, 4) is 10.4 Å². The lowest BCUT2D eigenvalue weighted by molar-refractivity contribution is 0.556. The Morgan fingerprint density at radius 1 is 0.862 bits per heavy atom. The first-order valence-corrected chi connectivity index (χ1v) is 13.7. The number of aromatic nitrogens is 2. The van der Waals surface area contributed by atoms with E-state index in [9.17, 15) is 0 Å². The molecule has 2 aromatic heterocycles. The van der Waals surface area contributed by atoms with Crippen molar-refractivity contribution in [1.82, 2.24) is 8.75 Å². The third-order valence-corrected chi connectivity index (χ3v) is 8.64. The molecule has 0 aliphatic carbocycles. The van der Waals surface area contributed by atoms with Crippen molar-refractivity contribution in [3.05, 3.63) is 31.5 Å². The van der Waals surface area contributed by atoms with Crippen LogP contribution in [-0.4, -0.2) is 8.75 Å². The Morgan fingerprint density at radius 3 is 2.17 bits per heavy atom. The SMILES string of the molecule is CCCCCCCCCCCCc1csc(-c2c(Cl)c(Cl)c(Br)c3nsnc23)c1. The molecule has 158 valence electrons. The van der Waals surface area contributed by atoms with Gasteiger partial charge in [0, 0.05) is 10.4 Å². The normalized spacial score (nSPS) is 11.6. The molecular formula is C22H27BrCl2N2S2. The van der Waals surface area contributed by atoms with Gasteiger partial charge in [0.1, 0.15) is 11.0 Å². The predicted octanol–water partition coefficient (Wildman–Crippen LogP) is 9.95. The average molecular weight is 534 g/mol. The summed E-state index contributed by atoms with van der Waals surface area (Å²) in [6.07, 6.45) is 14.8. The Morgan fingerprint density at radius 2 is 1.48 bits per heavy atom. The molecule has 1 aromatic carbocycles. The van der Waals surface area contributed by atoms with E-state index >= 15 is 0 Å². The van der Waals surface area contributed by atoms with E-state index in [4.69, 9.17) is 23.2 Å². The Kier molecular flexibility index (Phi) is 9.70. The summed E-state index contributed by atoms with van der Waals surface area (Å²) in [7, 11) is 0. The topological polar surface area (TPSA) is 25.8 Å². The molecule has 0 fully saturated rings. The number of aryl methyl sites for hydroxylation is 1. The van der Waals surface area contributed by atoms with Crippen LogP contribution in [0.15, 0.2) is 15.9 Å². The van der Waals surface area contributed by atoms with E-state index in [1.165, 1.54) is 81.5 Å². The highest BCUT2D eigenvalue weighted by Gasteiger charge is 2.21. The summed E-state index contributed by atoms with van der Waals surface area (Å²) in [5.74, 6) is 0. The van der Waals surface area contributed by atoms with Crippen LogP contribution in [0.1, 0.15) is 76.7 Å². The van der Waals surface area contributed by atoms with Crippen molar-refractivity contribution >= 4 is 73.2 Å². The van der Waals surface area contributed by atoms with Crippen LogP contribution in [0.3, 0.4) is 0 Å². The first-order chi connectivity index (χ1) is 14.1. The largest absolute Gasteiger partial charge is 0.172 e. The van der Waals surface area contributed by atoms with Crippen molar-refractivity contribution < 1.29 is 0 Å². The number of rotatable bonds is 12. The number of benzene rings is 1. The van der Waals surface area contributed by atoms with Gasteiger partial charge in [0.2, 0.25) is 0 Å². The summed E-state index contributed by atoms with van der Waals surface area (Å²) in [6.45, 7) is 2.27. The summed E-state index contributed by atoms with van der Waals surface area (Å²) in [5.41, 5.74) is 3.88. The highest BCUT2D eigenvalue weighted by Crippen LogP contribution is 2.46. The van der Waals surface area contributed by atoms with Crippen molar-refractivity contribution in [2.75, 3.05) is 0 Å². The fourth-order valence-corrected chi connectivity index (χ4v) is 6.38. The molecule has 0 bridgehead atoms. The lowest BCUT2D eigenvalue weighted by atomic mass is 10.0. The monoisotopic (exact) mass is 532 g/mol. The molecule has 3 aromatic rings. The zero-order valence-electron chi connectivity index (χ0n) is 16.8. The van der Waals surface area contributed by atoms with E-state index in [0.29, 0.717) is 10.0 Å². The molecule has 2 nitrogen and oxygen atoms in total. The van der Waals surface area contributed by atoms with E-state index in [0.717, 1.165) is 32.4 Å². The number of fused-ring (bicyclic) bond motifs is 1. The molecule has 0 saturated heterocycles. The van der Waals surface area contributed by atoms with Gasteiger partial charge in [-0.05, 0) is 45.8 Å². The molecular weight excluding hydrogens is 507 g/mol. The standard InChI is InChI=1S/C22H27BrCl2N2S2/c1-2-3-4-5-6-7-8-9-10-11-12-15-13-16(28-14-15)17-19(24)20(25)18(23)22-21(17)26-29-27-22/h13-14H,2-12H2,1H3. The van der Waals surface area contributed by atoms with Crippen LogP contribution in [0.4, 0.5) is 0 Å². The van der Waals surface area contributed by atoms with Crippen LogP contribution >= 0.6 is 62.2 Å². The Labute approximate surface area is 200 Å². The van der Waals surface area contributed by atoms with Gasteiger partial charge in [0.25, 0.3) is 0 Å². The van der Waals surface area contributed by atoms with Crippen molar-refractivity contribution in [3.63, 3.8) is 0 Å². The van der Waals surface area contributed by atoms with Crippen molar-refractivity contribution in [2.24, 2.45) is 0 Å². The van der Waals surface area contributed by atoms with Gasteiger partial charge in [0.05, 0.1) is 26.2 Å².